The first-order valence-electron chi connectivity index (χ1n) is 5.51. The van der Waals surface area contributed by atoms with Gasteiger partial charge in [-0.2, -0.15) is 0 Å². The molecule has 1 heterocycles. The lowest BCUT2D eigenvalue weighted by Gasteiger charge is -2.21. The Morgan fingerprint density at radius 1 is 1.35 bits per heavy atom. The summed E-state index contributed by atoms with van der Waals surface area (Å²) < 4.78 is 3.15. The molecule has 0 spiro atoms. The van der Waals surface area contributed by atoms with Crippen LogP contribution in [-0.4, -0.2) is 15.1 Å². The quantitative estimate of drug-likeness (QED) is 0.945. The average molecular weight is 294 g/mol. The van der Waals surface area contributed by atoms with Crippen LogP contribution in [0.25, 0.3) is 11.3 Å². The minimum absolute atomic E-state index is 0.253. The smallest absolute Gasteiger partial charge is 0.0951 e. The molecule has 0 amide bonds. The van der Waals surface area contributed by atoms with Crippen LogP contribution in [0.2, 0.25) is 0 Å². The van der Waals surface area contributed by atoms with Crippen LogP contribution in [0.5, 0.6) is 0 Å². The van der Waals surface area contributed by atoms with Crippen LogP contribution < -0.4 is 5.73 Å². The van der Waals surface area contributed by atoms with Crippen LogP contribution in [0, 0.1) is 0 Å². The predicted molar refractivity (Wildman–Crippen MR) is 73.6 cm³/mol. The standard InChI is InChI=1S/C13H16BrN3/c1-13(2,15)8-17-9-16-7-12(17)10-5-3-4-6-11(10)14/h3-7,9H,8,15H2,1-2H3. The van der Waals surface area contributed by atoms with Crippen LogP contribution in [0.1, 0.15) is 13.8 Å². The van der Waals surface area contributed by atoms with Gasteiger partial charge in [-0.05, 0) is 19.9 Å². The third-order valence-electron chi connectivity index (χ3n) is 2.44. The van der Waals surface area contributed by atoms with E-state index in [0.29, 0.717) is 0 Å². The van der Waals surface area contributed by atoms with Gasteiger partial charge in [0.2, 0.25) is 0 Å². The molecule has 2 rings (SSSR count). The van der Waals surface area contributed by atoms with Crippen molar-refractivity contribution in [2.45, 2.75) is 25.9 Å². The molecule has 2 aromatic rings. The molecule has 3 nitrogen and oxygen atoms in total. The maximum atomic E-state index is 6.05. The average Bonchev–Trinajstić information content (AvgIpc) is 2.64. The van der Waals surface area contributed by atoms with E-state index in [1.807, 2.05) is 44.6 Å². The van der Waals surface area contributed by atoms with Gasteiger partial charge in [0.25, 0.3) is 0 Å². The largest absolute Gasteiger partial charge is 0.329 e. The summed E-state index contributed by atoms with van der Waals surface area (Å²) in [4.78, 5) is 4.21. The van der Waals surface area contributed by atoms with Crippen molar-refractivity contribution in [3.63, 3.8) is 0 Å². The van der Waals surface area contributed by atoms with Crippen molar-refractivity contribution in [3.8, 4) is 11.3 Å². The molecule has 0 fully saturated rings. The van der Waals surface area contributed by atoms with Gasteiger partial charge in [0.05, 0.1) is 18.2 Å². The first-order valence-corrected chi connectivity index (χ1v) is 6.30. The molecule has 0 radical (unpaired) electrons. The number of hydrogen-bond donors (Lipinski definition) is 1. The number of imidazole rings is 1. The Hall–Kier alpha value is -1.13. The summed E-state index contributed by atoms with van der Waals surface area (Å²) in [6, 6.07) is 8.12. The summed E-state index contributed by atoms with van der Waals surface area (Å²) in [5.74, 6) is 0. The number of halogens is 1. The molecule has 0 atom stereocenters. The van der Waals surface area contributed by atoms with E-state index < -0.39 is 0 Å². The van der Waals surface area contributed by atoms with Gasteiger partial charge < -0.3 is 10.3 Å². The minimum atomic E-state index is -0.253. The zero-order valence-corrected chi connectivity index (χ0v) is 11.6. The number of hydrogen-bond acceptors (Lipinski definition) is 2. The summed E-state index contributed by atoms with van der Waals surface area (Å²) in [6.45, 7) is 4.76. The van der Waals surface area contributed by atoms with Crippen LogP contribution >= 0.6 is 15.9 Å². The SMILES string of the molecule is CC(C)(N)Cn1cncc1-c1ccccc1Br. The highest BCUT2D eigenvalue weighted by Gasteiger charge is 2.15. The number of aromatic nitrogens is 2. The topological polar surface area (TPSA) is 43.8 Å². The Kier molecular flexibility index (Phi) is 3.35. The van der Waals surface area contributed by atoms with Crippen molar-refractivity contribution in [3.05, 3.63) is 41.3 Å². The Morgan fingerprint density at radius 2 is 2.06 bits per heavy atom. The molecule has 0 bridgehead atoms. The molecule has 4 heteroatoms. The lowest BCUT2D eigenvalue weighted by Crippen LogP contribution is -2.37. The first-order chi connectivity index (χ1) is 7.97. The second-order valence-electron chi connectivity index (χ2n) is 4.88. The third kappa shape index (κ3) is 2.96. The fraction of sp³-hybridized carbons (Fsp3) is 0.308. The van der Waals surface area contributed by atoms with E-state index >= 15 is 0 Å². The molecule has 2 N–H and O–H groups in total. The molecule has 0 unspecified atom stereocenters. The monoisotopic (exact) mass is 293 g/mol. The van der Waals surface area contributed by atoms with Gasteiger partial charge in [0, 0.05) is 22.1 Å². The van der Waals surface area contributed by atoms with E-state index in [2.05, 4.69) is 31.5 Å². The Morgan fingerprint density at radius 3 is 2.71 bits per heavy atom. The molecule has 1 aromatic carbocycles. The zero-order valence-electron chi connectivity index (χ0n) is 10.0. The maximum Gasteiger partial charge on any atom is 0.0951 e. The van der Waals surface area contributed by atoms with Gasteiger partial charge in [-0.25, -0.2) is 4.98 Å². The lowest BCUT2D eigenvalue weighted by molar-refractivity contribution is 0.436. The fourth-order valence-corrected chi connectivity index (χ4v) is 2.27. The lowest BCUT2D eigenvalue weighted by atomic mass is 10.1. The molecule has 90 valence electrons. The number of nitrogens with two attached hydrogens (primary N) is 1. The first kappa shape index (κ1) is 12.3. The van der Waals surface area contributed by atoms with Crippen molar-refractivity contribution < 1.29 is 0 Å². The summed E-state index contributed by atoms with van der Waals surface area (Å²) in [5, 5.41) is 0. The van der Waals surface area contributed by atoms with E-state index in [-0.39, 0.29) is 5.54 Å². The van der Waals surface area contributed by atoms with Gasteiger partial charge in [0.1, 0.15) is 0 Å². The highest BCUT2D eigenvalue weighted by molar-refractivity contribution is 9.10. The third-order valence-corrected chi connectivity index (χ3v) is 3.13. The molecular weight excluding hydrogens is 278 g/mol. The zero-order chi connectivity index (χ0) is 12.5. The highest BCUT2D eigenvalue weighted by Crippen LogP contribution is 2.28. The van der Waals surface area contributed by atoms with Gasteiger partial charge in [-0.1, -0.05) is 34.1 Å². The highest BCUT2D eigenvalue weighted by atomic mass is 79.9. The second kappa shape index (κ2) is 4.63. The van der Waals surface area contributed by atoms with Crippen molar-refractivity contribution in [2.75, 3.05) is 0 Å². The van der Waals surface area contributed by atoms with Crippen LogP contribution in [0.3, 0.4) is 0 Å². The normalized spacial score (nSPS) is 11.8. The molecule has 17 heavy (non-hydrogen) atoms. The maximum absolute atomic E-state index is 6.05. The Bertz CT molecular complexity index is 511. The molecule has 1 aromatic heterocycles. The van der Waals surface area contributed by atoms with E-state index in [1.165, 1.54) is 0 Å². The molecule has 0 aliphatic heterocycles. The van der Waals surface area contributed by atoms with Gasteiger partial charge in [0.15, 0.2) is 0 Å². The van der Waals surface area contributed by atoms with Crippen LogP contribution in [-0.2, 0) is 6.54 Å². The molecular formula is C13H16BrN3. The summed E-state index contributed by atoms with van der Waals surface area (Å²) in [7, 11) is 0. The fourth-order valence-electron chi connectivity index (χ4n) is 1.78. The van der Waals surface area contributed by atoms with Crippen molar-refractivity contribution in [1.82, 2.24) is 9.55 Å². The predicted octanol–water partition coefficient (Wildman–Crippen LogP) is 3.05. The minimum Gasteiger partial charge on any atom is -0.329 e. The summed E-state index contributed by atoms with van der Waals surface area (Å²) in [6.07, 6.45) is 3.69. The van der Waals surface area contributed by atoms with E-state index in [4.69, 9.17) is 5.73 Å². The molecule has 0 saturated heterocycles. The van der Waals surface area contributed by atoms with Crippen LogP contribution in [0.15, 0.2) is 41.3 Å². The van der Waals surface area contributed by atoms with Crippen LogP contribution in [0.4, 0.5) is 0 Å². The van der Waals surface area contributed by atoms with Gasteiger partial charge in [-0.15, -0.1) is 0 Å². The van der Waals surface area contributed by atoms with Crippen molar-refractivity contribution in [2.24, 2.45) is 5.73 Å². The van der Waals surface area contributed by atoms with Gasteiger partial charge in [-0.3, -0.25) is 0 Å². The number of nitrogens with zero attached hydrogens (tertiary/aromatic N) is 2. The van der Waals surface area contributed by atoms with Crippen molar-refractivity contribution >= 4 is 15.9 Å². The summed E-state index contributed by atoms with van der Waals surface area (Å²) >= 11 is 3.56. The van der Waals surface area contributed by atoms with E-state index in [1.54, 1.807) is 0 Å². The Balaban J connectivity index is 2.41. The molecule has 0 saturated carbocycles. The van der Waals surface area contributed by atoms with E-state index in [0.717, 1.165) is 22.3 Å². The molecule has 0 aliphatic rings. The second-order valence-corrected chi connectivity index (χ2v) is 5.73. The molecule has 0 aliphatic carbocycles. The number of rotatable bonds is 3. The van der Waals surface area contributed by atoms with E-state index in [9.17, 15) is 0 Å². The Labute approximate surface area is 110 Å². The van der Waals surface area contributed by atoms with Crippen molar-refractivity contribution in [1.29, 1.82) is 0 Å². The number of benzene rings is 1. The summed E-state index contributed by atoms with van der Waals surface area (Å²) in [5.41, 5.74) is 8.01. The van der Waals surface area contributed by atoms with Gasteiger partial charge >= 0.3 is 0 Å².